The van der Waals surface area contributed by atoms with Gasteiger partial charge in [0.1, 0.15) is 0 Å². The number of aliphatic imine (C=N–C) groups is 1. The van der Waals surface area contributed by atoms with Crippen molar-refractivity contribution in [2.45, 2.75) is 79.1 Å². The maximum absolute atomic E-state index is 12.6. The van der Waals surface area contributed by atoms with Gasteiger partial charge in [0.15, 0.2) is 5.78 Å². The molecular formula is C20H30N2O. The van der Waals surface area contributed by atoms with Crippen LogP contribution < -0.4 is 0 Å². The number of fused-ring (bicyclic) bond motifs is 1. The van der Waals surface area contributed by atoms with E-state index < -0.39 is 0 Å². The average Bonchev–Trinajstić information content (AvgIpc) is 2.57. The number of pyridine rings is 1. The van der Waals surface area contributed by atoms with Gasteiger partial charge in [-0.2, -0.15) is 0 Å². The first-order valence-corrected chi connectivity index (χ1v) is 9.18. The third-order valence-corrected chi connectivity index (χ3v) is 4.83. The second kappa shape index (κ2) is 8.37. The third kappa shape index (κ3) is 4.49. The van der Waals surface area contributed by atoms with Gasteiger partial charge < -0.3 is 0 Å². The standard InChI is InChI=1S/C20H30N2O/c1-5-7-11-18(20(23)14(3)6-2)22-19-13-16-10-8-9-12-17(16)21-15(19)4/h13-14H,5-12H2,1-4H3/b22-18+. The van der Waals surface area contributed by atoms with Crippen LogP contribution in [0.25, 0.3) is 0 Å². The molecule has 3 heteroatoms. The fourth-order valence-electron chi connectivity index (χ4n) is 3.03. The van der Waals surface area contributed by atoms with Crippen LogP contribution in [0.3, 0.4) is 0 Å². The highest BCUT2D eigenvalue weighted by Crippen LogP contribution is 2.27. The summed E-state index contributed by atoms with van der Waals surface area (Å²) < 4.78 is 0. The Hall–Kier alpha value is -1.51. The summed E-state index contributed by atoms with van der Waals surface area (Å²) >= 11 is 0. The SMILES string of the molecule is CCCC/C(=N\c1cc2c(nc1C)CCCC2)C(=O)C(C)CC. The van der Waals surface area contributed by atoms with Gasteiger partial charge in [0, 0.05) is 11.6 Å². The summed E-state index contributed by atoms with van der Waals surface area (Å²) in [5, 5.41) is 0. The quantitative estimate of drug-likeness (QED) is 0.653. The number of ketones is 1. The molecule has 0 aromatic carbocycles. The number of Topliss-reactive ketones (excluding diaryl/α,β-unsaturated/α-hetero) is 1. The number of hydrogen-bond acceptors (Lipinski definition) is 3. The molecule has 0 spiro atoms. The van der Waals surface area contributed by atoms with Crippen molar-refractivity contribution in [3.05, 3.63) is 23.0 Å². The molecule has 0 amide bonds. The number of hydrogen-bond donors (Lipinski definition) is 0. The van der Waals surface area contributed by atoms with Crippen LogP contribution in [0, 0.1) is 12.8 Å². The molecule has 1 atom stereocenters. The van der Waals surface area contributed by atoms with Gasteiger partial charge in [-0.15, -0.1) is 0 Å². The fourth-order valence-corrected chi connectivity index (χ4v) is 3.03. The van der Waals surface area contributed by atoms with Gasteiger partial charge in [-0.05, 0) is 63.5 Å². The topological polar surface area (TPSA) is 42.3 Å². The van der Waals surface area contributed by atoms with Crippen LogP contribution in [-0.4, -0.2) is 16.5 Å². The van der Waals surface area contributed by atoms with E-state index in [1.54, 1.807) is 0 Å². The Bertz CT molecular complexity index is 590. The molecule has 1 aliphatic carbocycles. The van der Waals surface area contributed by atoms with Crippen molar-refractivity contribution in [2.24, 2.45) is 10.9 Å². The van der Waals surface area contributed by atoms with Gasteiger partial charge in [-0.1, -0.05) is 27.2 Å². The van der Waals surface area contributed by atoms with Gasteiger partial charge in [-0.3, -0.25) is 9.78 Å². The lowest BCUT2D eigenvalue weighted by Gasteiger charge is -2.17. The molecule has 0 fully saturated rings. The zero-order valence-corrected chi connectivity index (χ0v) is 15.1. The molecule has 0 saturated carbocycles. The van der Waals surface area contributed by atoms with E-state index in [-0.39, 0.29) is 11.7 Å². The van der Waals surface area contributed by atoms with Gasteiger partial charge in [0.25, 0.3) is 0 Å². The third-order valence-electron chi connectivity index (χ3n) is 4.83. The number of aryl methyl sites for hydroxylation is 3. The highest BCUT2D eigenvalue weighted by atomic mass is 16.1. The molecule has 0 N–H and O–H groups in total. The predicted octanol–water partition coefficient (Wildman–Crippen LogP) is 5.15. The van der Waals surface area contributed by atoms with Crippen molar-refractivity contribution in [3.63, 3.8) is 0 Å². The van der Waals surface area contributed by atoms with Crippen molar-refractivity contribution >= 4 is 17.2 Å². The second-order valence-corrected chi connectivity index (χ2v) is 6.74. The molecule has 126 valence electrons. The molecule has 0 aliphatic heterocycles. The zero-order valence-electron chi connectivity index (χ0n) is 15.1. The molecule has 2 rings (SSSR count). The first-order chi connectivity index (χ1) is 11.1. The molecule has 0 bridgehead atoms. The largest absolute Gasteiger partial charge is 0.293 e. The molecule has 1 unspecified atom stereocenters. The summed E-state index contributed by atoms with van der Waals surface area (Å²) in [5.41, 5.74) is 5.15. The highest BCUT2D eigenvalue weighted by Gasteiger charge is 2.19. The van der Waals surface area contributed by atoms with Crippen LogP contribution >= 0.6 is 0 Å². The summed E-state index contributed by atoms with van der Waals surface area (Å²) in [4.78, 5) is 22.2. The van der Waals surface area contributed by atoms with Crippen molar-refractivity contribution in [1.29, 1.82) is 0 Å². The van der Waals surface area contributed by atoms with Crippen LogP contribution in [0.4, 0.5) is 5.69 Å². The van der Waals surface area contributed by atoms with Crippen LogP contribution in [-0.2, 0) is 17.6 Å². The maximum Gasteiger partial charge on any atom is 0.179 e. The van der Waals surface area contributed by atoms with Crippen LogP contribution in [0.2, 0.25) is 0 Å². The van der Waals surface area contributed by atoms with E-state index in [0.717, 1.165) is 55.6 Å². The zero-order chi connectivity index (χ0) is 16.8. The average molecular weight is 314 g/mol. The van der Waals surface area contributed by atoms with Gasteiger partial charge in [0.2, 0.25) is 0 Å². The van der Waals surface area contributed by atoms with Crippen molar-refractivity contribution in [2.75, 3.05) is 0 Å². The van der Waals surface area contributed by atoms with E-state index >= 15 is 0 Å². The Morgan fingerprint density at radius 1 is 1.30 bits per heavy atom. The molecule has 0 radical (unpaired) electrons. The minimum absolute atomic E-state index is 0.0523. The monoisotopic (exact) mass is 314 g/mol. The molecule has 1 aromatic rings. The van der Waals surface area contributed by atoms with Crippen molar-refractivity contribution in [1.82, 2.24) is 4.98 Å². The van der Waals surface area contributed by atoms with Gasteiger partial charge in [0.05, 0.1) is 17.1 Å². The minimum atomic E-state index is 0.0523. The van der Waals surface area contributed by atoms with Crippen molar-refractivity contribution in [3.8, 4) is 0 Å². The molecule has 1 aliphatic rings. The summed E-state index contributed by atoms with van der Waals surface area (Å²) in [6.07, 6.45) is 8.36. The van der Waals surface area contributed by atoms with E-state index in [0.29, 0.717) is 0 Å². The van der Waals surface area contributed by atoms with E-state index in [9.17, 15) is 4.79 Å². The first kappa shape index (κ1) is 17.8. The molecule has 1 aromatic heterocycles. The first-order valence-electron chi connectivity index (χ1n) is 9.18. The Morgan fingerprint density at radius 2 is 2.04 bits per heavy atom. The van der Waals surface area contributed by atoms with Gasteiger partial charge in [-0.25, -0.2) is 4.99 Å². The molecule has 0 saturated heterocycles. The molecule has 23 heavy (non-hydrogen) atoms. The Kier molecular flexibility index (Phi) is 6.49. The smallest absolute Gasteiger partial charge is 0.179 e. The number of carbonyl (C=O) groups is 1. The number of nitrogens with zero attached hydrogens (tertiary/aromatic N) is 2. The Balaban J connectivity index is 2.35. The lowest BCUT2D eigenvalue weighted by molar-refractivity contribution is -0.116. The lowest BCUT2D eigenvalue weighted by atomic mass is 9.94. The predicted molar refractivity (Wildman–Crippen MR) is 96.7 cm³/mol. The van der Waals surface area contributed by atoms with Gasteiger partial charge >= 0.3 is 0 Å². The number of carbonyl (C=O) groups excluding carboxylic acids is 1. The Morgan fingerprint density at radius 3 is 2.74 bits per heavy atom. The number of rotatable bonds is 7. The van der Waals surface area contributed by atoms with Crippen molar-refractivity contribution < 1.29 is 4.79 Å². The maximum atomic E-state index is 12.6. The number of unbranched alkanes of at least 4 members (excludes halogenated alkanes) is 1. The molecule has 3 nitrogen and oxygen atoms in total. The summed E-state index contributed by atoms with van der Waals surface area (Å²) in [6, 6.07) is 2.17. The van der Waals surface area contributed by atoms with E-state index in [1.165, 1.54) is 24.1 Å². The van der Waals surface area contributed by atoms with Crippen LogP contribution in [0.5, 0.6) is 0 Å². The summed E-state index contributed by atoms with van der Waals surface area (Å²) in [5.74, 6) is 0.259. The molecule has 1 heterocycles. The fraction of sp³-hybridized carbons (Fsp3) is 0.650. The van der Waals surface area contributed by atoms with Crippen LogP contribution in [0.1, 0.15) is 76.2 Å². The lowest BCUT2D eigenvalue weighted by Crippen LogP contribution is -2.21. The van der Waals surface area contributed by atoms with E-state index in [4.69, 9.17) is 9.98 Å². The molecular weight excluding hydrogens is 284 g/mol. The normalized spacial score (nSPS) is 16.1. The van der Waals surface area contributed by atoms with E-state index in [1.807, 2.05) is 13.8 Å². The Labute approximate surface area is 140 Å². The summed E-state index contributed by atoms with van der Waals surface area (Å²) in [6.45, 7) is 8.23. The van der Waals surface area contributed by atoms with Crippen LogP contribution in [0.15, 0.2) is 11.1 Å². The minimum Gasteiger partial charge on any atom is -0.293 e. The van der Waals surface area contributed by atoms with E-state index in [2.05, 4.69) is 19.9 Å². The highest BCUT2D eigenvalue weighted by molar-refractivity contribution is 6.41. The summed E-state index contributed by atoms with van der Waals surface area (Å²) in [7, 11) is 0. The second-order valence-electron chi connectivity index (χ2n) is 6.74. The number of aromatic nitrogens is 1.